The maximum absolute atomic E-state index is 12.7. The molecule has 1 amide bonds. The molecule has 0 saturated carbocycles. The third-order valence-electron chi connectivity index (χ3n) is 4.27. The molecule has 8 heteroatoms. The van der Waals surface area contributed by atoms with Crippen molar-refractivity contribution in [1.82, 2.24) is 4.57 Å². The summed E-state index contributed by atoms with van der Waals surface area (Å²) in [5.74, 6) is 5.41. The third kappa shape index (κ3) is 5.49. The Kier molecular flexibility index (Phi) is 6.04. The van der Waals surface area contributed by atoms with Crippen LogP contribution in [0.15, 0.2) is 48.7 Å². The summed E-state index contributed by atoms with van der Waals surface area (Å²) < 4.78 is 44.8. The minimum absolute atomic E-state index is 0.311. The van der Waals surface area contributed by atoms with Crippen LogP contribution in [-0.4, -0.2) is 22.2 Å². The zero-order chi connectivity index (χ0) is 23.7. The molecule has 1 aromatic heterocycles. The van der Waals surface area contributed by atoms with Crippen LogP contribution in [0.2, 0.25) is 0 Å². The number of hydrogen-bond acceptors (Lipinski definition) is 3. The van der Waals surface area contributed by atoms with Crippen LogP contribution in [0.4, 0.5) is 23.7 Å². The molecule has 0 fully saturated rings. The van der Waals surface area contributed by atoms with Gasteiger partial charge in [0.1, 0.15) is 5.60 Å². The summed E-state index contributed by atoms with van der Waals surface area (Å²) in [6.07, 6.45) is -3.52. The maximum atomic E-state index is 12.7. The van der Waals surface area contributed by atoms with Gasteiger partial charge < -0.3 is 10.1 Å². The minimum Gasteiger partial charge on any atom is -0.443 e. The number of benzene rings is 2. The molecule has 0 unspecified atom stereocenters. The number of aromatic nitrogens is 1. The highest BCUT2D eigenvalue weighted by Gasteiger charge is 2.29. The van der Waals surface area contributed by atoms with Gasteiger partial charge in [0.2, 0.25) is 5.91 Å². The first kappa shape index (κ1) is 22.9. The Morgan fingerprint density at radius 3 is 2.12 bits per heavy atom. The first-order valence-corrected chi connectivity index (χ1v) is 9.69. The lowest BCUT2D eigenvalue weighted by molar-refractivity contribution is -0.137. The summed E-state index contributed by atoms with van der Waals surface area (Å²) in [4.78, 5) is 24.2. The van der Waals surface area contributed by atoms with Crippen molar-refractivity contribution in [3.63, 3.8) is 0 Å². The number of alkyl halides is 3. The lowest BCUT2D eigenvalue weighted by Crippen LogP contribution is -2.26. The molecule has 0 aliphatic heterocycles. The SMILES string of the molecule is CC(=O)Nc1cn(C(=O)OC(C)(C)C)c2ccc(C#Cc3ccc(C(F)(F)F)cc3)cc12. The van der Waals surface area contributed by atoms with Crippen molar-refractivity contribution < 1.29 is 27.5 Å². The van der Waals surface area contributed by atoms with E-state index >= 15 is 0 Å². The van der Waals surface area contributed by atoms with Gasteiger partial charge in [-0.2, -0.15) is 13.2 Å². The molecule has 1 N–H and O–H groups in total. The Balaban J connectivity index is 1.98. The average molecular weight is 442 g/mol. The van der Waals surface area contributed by atoms with Crippen molar-refractivity contribution in [1.29, 1.82) is 0 Å². The first-order valence-electron chi connectivity index (χ1n) is 9.69. The van der Waals surface area contributed by atoms with Gasteiger partial charge in [-0.05, 0) is 63.2 Å². The monoisotopic (exact) mass is 442 g/mol. The zero-order valence-corrected chi connectivity index (χ0v) is 17.9. The molecule has 0 saturated heterocycles. The van der Waals surface area contributed by atoms with Crippen LogP contribution >= 0.6 is 0 Å². The second-order valence-electron chi connectivity index (χ2n) is 8.13. The molecule has 32 heavy (non-hydrogen) atoms. The fourth-order valence-corrected chi connectivity index (χ4v) is 2.95. The summed E-state index contributed by atoms with van der Waals surface area (Å²) in [5, 5.41) is 3.26. The summed E-state index contributed by atoms with van der Waals surface area (Å²) in [7, 11) is 0. The number of nitrogens with zero attached hydrogens (tertiary/aromatic N) is 1. The van der Waals surface area contributed by atoms with Gasteiger partial charge in [0.05, 0.1) is 16.8 Å². The Hall–Kier alpha value is -3.73. The van der Waals surface area contributed by atoms with Crippen molar-refractivity contribution in [2.24, 2.45) is 0 Å². The lowest BCUT2D eigenvalue weighted by Gasteiger charge is -2.19. The average Bonchev–Trinajstić information content (AvgIpc) is 3.02. The van der Waals surface area contributed by atoms with E-state index in [0.717, 1.165) is 12.1 Å². The largest absolute Gasteiger partial charge is 0.443 e. The van der Waals surface area contributed by atoms with Gasteiger partial charge in [-0.15, -0.1) is 0 Å². The molecule has 5 nitrogen and oxygen atoms in total. The highest BCUT2D eigenvalue weighted by Crippen LogP contribution is 2.30. The van der Waals surface area contributed by atoms with Crippen LogP contribution in [0.5, 0.6) is 0 Å². The predicted octanol–water partition coefficient (Wildman–Crippen LogP) is 5.80. The summed E-state index contributed by atoms with van der Waals surface area (Å²) >= 11 is 0. The highest BCUT2D eigenvalue weighted by atomic mass is 19.4. The summed E-state index contributed by atoms with van der Waals surface area (Å²) in [5.41, 5.74) is 0.472. The number of halogens is 3. The molecule has 2 aromatic carbocycles. The molecule has 0 spiro atoms. The molecule has 1 heterocycles. The first-order chi connectivity index (χ1) is 14.8. The number of ether oxygens (including phenoxy) is 1. The van der Waals surface area contributed by atoms with Crippen molar-refractivity contribution in [3.8, 4) is 11.8 Å². The van der Waals surface area contributed by atoms with Crippen molar-refractivity contribution >= 4 is 28.6 Å². The molecule has 3 rings (SSSR count). The number of carbonyl (C=O) groups is 2. The third-order valence-corrected chi connectivity index (χ3v) is 4.27. The number of rotatable bonds is 1. The topological polar surface area (TPSA) is 60.3 Å². The van der Waals surface area contributed by atoms with E-state index in [-0.39, 0.29) is 5.91 Å². The van der Waals surface area contributed by atoms with Gasteiger partial charge >= 0.3 is 12.3 Å². The van der Waals surface area contributed by atoms with Gasteiger partial charge in [-0.3, -0.25) is 9.36 Å². The number of fused-ring (bicyclic) bond motifs is 1. The predicted molar refractivity (Wildman–Crippen MR) is 115 cm³/mol. The van der Waals surface area contributed by atoms with E-state index in [1.54, 1.807) is 39.0 Å². The van der Waals surface area contributed by atoms with Crippen LogP contribution in [0.1, 0.15) is 44.4 Å². The maximum Gasteiger partial charge on any atom is 0.419 e. The second kappa shape index (κ2) is 8.42. The molecule has 166 valence electrons. The van der Waals surface area contributed by atoms with E-state index in [9.17, 15) is 22.8 Å². The normalized spacial score (nSPS) is 11.6. The van der Waals surface area contributed by atoms with Crippen LogP contribution in [-0.2, 0) is 15.7 Å². The van der Waals surface area contributed by atoms with Gasteiger partial charge in [0, 0.05) is 29.6 Å². The van der Waals surface area contributed by atoms with Crippen molar-refractivity contribution in [2.45, 2.75) is 39.5 Å². The molecule has 0 aliphatic carbocycles. The second-order valence-corrected chi connectivity index (χ2v) is 8.13. The van der Waals surface area contributed by atoms with E-state index in [1.807, 2.05) is 0 Å². The van der Waals surface area contributed by atoms with E-state index in [4.69, 9.17) is 4.74 Å². The van der Waals surface area contributed by atoms with Crippen LogP contribution in [0.25, 0.3) is 10.9 Å². The smallest absolute Gasteiger partial charge is 0.419 e. The number of amides is 1. The fraction of sp³-hybridized carbons (Fsp3) is 0.250. The molecule has 3 aromatic rings. The van der Waals surface area contributed by atoms with Gasteiger partial charge in [-0.1, -0.05) is 11.8 Å². The number of carbonyl (C=O) groups excluding carboxylic acids is 2. The van der Waals surface area contributed by atoms with Crippen LogP contribution < -0.4 is 5.32 Å². The van der Waals surface area contributed by atoms with E-state index in [0.29, 0.717) is 27.7 Å². The Morgan fingerprint density at radius 1 is 0.969 bits per heavy atom. The fourth-order valence-electron chi connectivity index (χ4n) is 2.95. The number of anilines is 1. The van der Waals surface area contributed by atoms with Gasteiger partial charge in [-0.25, -0.2) is 4.79 Å². The quantitative estimate of drug-likeness (QED) is 0.485. The summed E-state index contributed by atoms with van der Waals surface area (Å²) in [6, 6.07) is 9.59. The molecule has 0 aliphatic rings. The number of nitrogens with one attached hydrogen (secondary N) is 1. The Bertz CT molecular complexity index is 1240. The Labute approximate surface area is 183 Å². The standard InChI is InChI=1S/C24H21F3N2O3/c1-15(30)28-20-14-29(22(31)32-23(2,3)4)21-12-9-17(13-19(20)21)6-5-16-7-10-18(11-8-16)24(25,26)27/h7-14H,1-4H3,(H,28,30). The summed E-state index contributed by atoms with van der Waals surface area (Å²) in [6.45, 7) is 6.60. The number of hydrogen-bond donors (Lipinski definition) is 1. The van der Waals surface area contributed by atoms with E-state index in [1.165, 1.54) is 29.8 Å². The molecular formula is C24H21F3N2O3. The molecular weight excluding hydrogens is 421 g/mol. The molecule has 0 radical (unpaired) electrons. The lowest BCUT2D eigenvalue weighted by atomic mass is 10.1. The van der Waals surface area contributed by atoms with Crippen LogP contribution in [0.3, 0.4) is 0 Å². The minimum atomic E-state index is -4.40. The zero-order valence-electron chi connectivity index (χ0n) is 17.9. The van der Waals surface area contributed by atoms with Gasteiger partial charge in [0.25, 0.3) is 0 Å². The van der Waals surface area contributed by atoms with E-state index in [2.05, 4.69) is 17.2 Å². The molecule has 0 atom stereocenters. The highest BCUT2D eigenvalue weighted by molar-refractivity contribution is 6.04. The van der Waals surface area contributed by atoms with E-state index < -0.39 is 23.4 Å². The Morgan fingerprint density at radius 2 is 1.56 bits per heavy atom. The van der Waals surface area contributed by atoms with Crippen LogP contribution in [0, 0.1) is 11.8 Å². The van der Waals surface area contributed by atoms with Crippen molar-refractivity contribution in [2.75, 3.05) is 5.32 Å². The molecule has 0 bridgehead atoms. The van der Waals surface area contributed by atoms with Crippen molar-refractivity contribution in [3.05, 3.63) is 65.4 Å². The van der Waals surface area contributed by atoms with Gasteiger partial charge in [0.15, 0.2) is 0 Å².